The Labute approximate surface area is 177 Å². The molecule has 28 heavy (non-hydrogen) atoms. The first-order valence-electron chi connectivity index (χ1n) is 8.84. The molecule has 0 aliphatic carbocycles. The second kappa shape index (κ2) is 7.82. The van der Waals surface area contributed by atoms with Crippen LogP contribution in [0.3, 0.4) is 0 Å². The van der Waals surface area contributed by atoms with Crippen LogP contribution in [0.25, 0.3) is 5.57 Å². The Kier molecular flexibility index (Phi) is 5.25. The summed E-state index contributed by atoms with van der Waals surface area (Å²) in [5, 5.41) is 11.4. The maximum absolute atomic E-state index is 13.0. The van der Waals surface area contributed by atoms with Gasteiger partial charge in [0.05, 0.1) is 6.04 Å². The van der Waals surface area contributed by atoms with Crippen molar-refractivity contribution >= 4 is 39.0 Å². The number of carbonyl (C=O) groups is 1. The maximum Gasteiger partial charge on any atom is 0.290 e. The molecule has 0 unspecified atom stereocenters. The third-order valence-electron chi connectivity index (χ3n) is 4.84. The van der Waals surface area contributed by atoms with Gasteiger partial charge in [-0.1, -0.05) is 82.1 Å². The summed E-state index contributed by atoms with van der Waals surface area (Å²) < 4.78 is 0.958. The zero-order chi connectivity index (χ0) is 19.7. The van der Waals surface area contributed by atoms with E-state index in [4.69, 9.17) is 11.6 Å². The minimum atomic E-state index is -0.376. The predicted molar refractivity (Wildman–Crippen MR) is 115 cm³/mol. The Morgan fingerprint density at radius 3 is 2.21 bits per heavy atom. The fraction of sp³-hybridized carbons (Fsp3) is 0.0870. The van der Waals surface area contributed by atoms with Crippen LogP contribution in [0.15, 0.2) is 89.1 Å². The fourth-order valence-electron chi connectivity index (χ4n) is 3.51. The molecular formula is C23H17BrClNO2. The van der Waals surface area contributed by atoms with E-state index >= 15 is 0 Å². The van der Waals surface area contributed by atoms with Crippen molar-refractivity contribution in [1.82, 2.24) is 4.90 Å². The monoisotopic (exact) mass is 453 g/mol. The van der Waals surface area contributed by atoms with Gasteiger partial charge < -0.3 is 10.0 Å². The fourth-order valence-corrected chi connectivity index (χ4v) is 3.90. The maximum atomic E-state index is 13.0. The molecule has 3 aromatic carbocycles. The van der Waals surface area contributed by atoms with E-state index in [0.29, 0.717) is 17.1 Å². The highest BCUT2D eigenvalue weighted by atomic mass is 79.9. The van der Waals surface area contributed by atoms with Gasteiger partial charge in [-0.3, -0.25) is 4.79 Å². The quantitative estimate of drug-likeness (QED) is 0.513. The number of aliphatic hydroxyl groups is 1. The topological polar surface area (TPSA) is 40.5 Å². The lowest BCUT2D eigenvalue weighted by molar-refractivity contribution is -0.130. The van der Waals surface area contributed by atoms with Gasteiger partial charge in [0.15, 0.2) is 5.76 Å². The van der Waals surface area contributed by atoms with E-state index < -0.39 is 0 Å². The highest BCUT2D eigenvalue weighted by molar-refractivity contribution is 9.10. The first-order valence-corrected chi connectivity index (χ1v) is 10.0. The third kappa shape index (κ3) is 3.58. The van der Waals surface area contributed by atoms with Crippen LogP contribution in [0.5, 0.6) is 0 Å². The Hall–Kier alpha value is -2.56. The van der Waals surface area contributed by atoms with E-state index in [0.717, 1.165) is 21.2 Å². The molecule has 3 nitrogen and oxygen atoms in total. The van der Waals surface area contributed by atoms with E-state index in [2.05, 4.69) is 15.9 Å². The number of aliphatic hydroxyl groups excluding tert-OH is 1. The molecule has 1 amide bonds. The molecule has 1 atom stereocenters. The van der Waals surface area contributed by atoms with Gasteiger partial charge in [-0.15, -0.1) is 0 Å². The Morgan fingerprint density at radius 1 is 0.929 bits per heavy atom. The molecule has 4 rings (SSSR count). The lowest BCUT2D eigenvalue weighted by atomic mass is 9.93. The molecule has 0 aromatic heterocycles. The van der Waals surface area contributed by atoms with Crippen molar-refractivity contribution in [2.75, 3.05) is 0 Å². The summed E-state index contributed by atoms with van der Waals surface area (Å²) in [6, 6.07) is 24.4. The van der Waals surface area contributed by atoms with Crippen molar-refractivity contribution < 1.29 is 9.90 Å². The van der Waals surface area contributed by atoms with Gasteiger partial charge in [0.2, 0.25) is 0 Å². The molecule has 0 radical (unpaired) electrons. The van der Waals surface area contributed by atoms with Gasteiger partial charge in [-0.05, 0) is 41.0 Å². The van der Waals surface area contributed by atoms with Crippen molar-refractivity contribution in [1.29, 1.82) is 0 Å². The van der Waals surface area contributed by atoms with Crippen molar-refractivity contribution in [2.24, 2.45) is 0 Å². The average Bonchev–Trinajstić information content (AvgIpc) is 2.96. The van der Waals surface area contributed by atoms with Crippen LogP contribution in [0.4, 0.5) is 0 Å². The molecule has 0 fully saturated rings. The molecule has 1 aliphatic rings. The lowest BCUT2D eigenvalue weighted by Gasteiger charge is -2.27. The van der Waals surface area contributed by atoms with E-state index in [1.807, 2.05) is 66.7 Å². The Morgan fingerprint density at radius 2 is 1.57 bits per heavy atom. The first-order chi connectivity index (χ1) is 13.5. The van der Waals surface area contributed by atoms with Crippen molar-refractivity contribution in [2.45, 2.75) is 12.6 Å². The minimum Gasteiger partial charge on any atom is -0.503 e. The van der Waals surface area contributed by atoms with E-state index in [1.54, 1.807) is 17.0 Å². The molecule has 5 heteroatoms. The van der Waals surface area contributed by atoms with Crippen molar-refractivity contribution in [3.8, 4) is 0 Å². The molecule has 3 aromatic rings. The summed E-state index contributed by atoms with van der Waals surface area (Å²) >= 11 is 9.45. The third-order valence-corrected chi connectivity index (χ3v) is 5.62. The summed E-state index contributed by atoms with van der Waals surface area (Å²) in [6.45, 7) is 0.372. The first kappa shape index (κ1) is 18.8. The molecule has 1 aliphatic heterocycles. The number of rotatable bonds is 4. The molecular weight excluding hydrogens is 438 g/mol. The number of carbonyl (C=O) groups excluding carboxylic acids is 1. The van der Waals surface area contributed by atoms with Crippen molar-refractivity contribution in [3.63, 3.8) is 0 Å². The molecule has 1 N–H and O–H groups in total. The molecule has 0 saturated heterocycles. The predicted octanol–water partition coefficient (Wildman–Crippen LogP) is 6.16. The van der Waals surface area contributed by atoms with Gasteiger partial charge in [0.25, 0.3) is 5.91 Å². The summed E-state index contributed by atoms with van der Waals surface area (Å²) in [6.07, 6.45) is 0. The van der Waals surface area contributed by atoms with Crippen LogP contribution in [0, 0.1) is 0 Å². The second-order valence-corrected chi connectivity index (χ2v) is 7.99. The Balaban J connectivity index is 1.80. The molecule has 1 heterocycles. The summed E-state index contributed by atoms with van der Waals surface area (Å²) in [5.41, 5.74) is 3.34. The zero-order valence-corrected chi connectivity index (χ0v) is 17.2. The van der Waals surface area contributed by atoms with E-state index in [-0.39, 0.29) is 17.7 Å². The van der Waals surface area contributed by atoms with Crippen LogP contribution in [-0.2, 0) is 11.3 Å². The number of hydrogen-bond acceptors (Lipinski definition) is 2. The van der Waals surface area contributed by atoms with Gasteiger partial charge in [-0.25, -0.2) is 0 Å². The smallest absolute Gasteiger partial charge is 0.290 e. The second-order valence-electron chi connectivity index (χ2n) is 6.64. The van der Waals surface area contributed by atoms with Crippen LogP contribution in [-0.4, -0.2) is 15.9 Å². The molecule has 0 bridgehead atoms. The molecule has 0 saturated carbocycles. The standard InChI is InChI=1S/C23H17BrClNO2/c24-18-10-8-17(9-11-18)21-20(16-4-2-1-3-5-16)22(27)23(28)26(21)14-15-6-12-19(25)13-7-15/h1-13,21,27H,14H2/t21-/m0/s1. The Bertz CT molecular complexity index is 1030. The van der Waals surface area contributed by atoms with Crippen LogP contribution in [0.2, 0.25) is 5.02 Å². The highest BCUT2D eigenvalue weighted by Crippen LogP contribution is 2.43. The highest BCUT2D eigenvalue weighted by Gasteiger charge is 2.40. The largest absolute Gasteiger partial charge is 0.503 e. The van der Waals surface area contributed by atoms with Gasteiger partial charge in [-0.2, -0.15) is 0 Å². The molecule has 140 valence electrons. The van der Waals surface area contributed by atoms with Gasteiger partial charge in [0, 0.05) is 21.6 Å². The van der Waals surface area contributed by atoms with Crippen LogP contribution in [0.1, 0.15) is 22.7 Å². The number of amides is 1. The normalized spacial score (nSPS) is 16.7. The molecule has 0 spiro atoms. The lowest BCUT2D eigenvalue weighted by Crippen LogP contribution is -2.29. The van der Waals surface area contributed by atoms with Crippen molar-refractivity contribution in [3.05, 3.63) is 111 Å². The zero-order valence-electron chi connectivity index (χ0n) is 14.8. The minimum absolute atomic E-state index is 0.201. The SMILES string of the molecule is O=C1C(O)=C(c2ccccc2)[C@H](c2ccc(Br)cc2)N1Cc1ccc(Cl)cc1. The summed E-state index contributed by atoms with van der Waals surface area (Å²) in [4.78, 5) is 14.7. The van der Waals surface area contributed by atoms with Crippen LogP contribution < -0.4 is 0 Å². The summed E-state index contributed by atoms with van der Waals surface area (Å²) in [7, 11) is 0. The number of halogens is 2. The van der Waals surface area contributed by atoms with E-state index in [1.165, 1.54) is 0 Å². The average molecular weight is 455 g/mol. The number of nitrogens with zero attached hydrogens (tertiary/aromatic N) is 1. The van der Waals surface area contributed by atoms with Gasteiger partial charge in [0.1, 0.15) is 0 Å². The van der Waals surface area contributed by atoms with Gasteiger partial charge >= 0.3 is 0 Å². The van der Waals surface area contributed by atoms with Crippen LogP contribution >= 0.6 is 27.5 Å². The number of benzene rings is 3. The number of hydrogen-bond donors (Lipinski definition) is 1. The van der Waals surface area contributed by atoms with E-state index in [9.17, 15) is 9.90 Å². The summed E-state index contributed by atoms with van der Waals surface area (Å²) in [5.74, 6) is -0.574.